The van der Waals surface area contributed by atoms with Crippen LogP contribution < -0.4 is 10.9 Å². The van der Waals surface area contributed by atoms with Crippen molar-refractivity contribution in [2.24, 2.45) is 0 Å². The van der Waals surface area contributed by atoms with Crippen LogP contribution in [-0.4, -0.2) is 19.2 Å². The molecule has 0 spiro atoms. The Morgan fingerprint density at radius 1 is 0.889 bits per heavy atom. The summed E-state index contributed by atoms with van der Waals surface area (Å²) in [6, 6.07) is 22.7. The Balaban J connectivity index is 1.73. The van der Waals surface area contributed by atoms with Gasteiger partial charge >= 0.3 is 0 Å². The predicted molar refractivity (Wildman–Crippen MR) is 106 cm³/mol. The second-order valence-electron chi connectivity index (χ2n) is 6.17. The van der Waals surface area contributed by atoms with Crippen molar-refractivity contribution in [2.45, 2.75) is 0 Å². The van der Waals surface area contributed by atoms with Gasteiger partial charge in [0.25, 0.3) is 5.56 Å². The lowest BCUT2D eigenvalue weighted by atomic mass is 10.2. The molecule has 0 fully saturated rings. The minimum atomic E-state index is -0.111. The molecule has 0 saturated carbocycles. The summed E-state index contributed by atoms with van der Waals surface area (Å²) in [4.78, 5) is 17.9. The van der Waals surface area contributed by atoms with E-state index in [2.05, 4.69) is 10.4 Å². The first-order valence-electron chi connectivity index (χ1n) is 8.57. The van der Waals surface area contributed by atoms with Gasteiger partial charge in [0.2, 0.25) is 5.95 Å². The second-order valence-corrected chi connectivity index (χ2v) is 6.17. The zero-order valence-electron chi connectivity index (χ0n) is 14.3. The predicted octanol–water partition coefficient (Wildman–Crippen LogP) is 3.78. The van der Waals surface area contributed by atoms with Gasteiger partial charge in [-0.3, -0.25) is 4.79 Å². The zero-order chi connectivity index (χ0) is 18.2. The first-order valence-corrected chi connectivity index (χ1v) is 8.57. The maximum absolute atomic E-state index is 13.2. The van der Waals surface area contributed by atoms with Gasteiger partial charge in [-0.2, -0.15) is 5.10 Å². The van der Waals surface area contributed by atoms with Crippen molar-refractivity contribution >= 4 is 28.1 Å². The first kappa shape index (κ1) is 15.3. The maximum atomic E-state index is 13.2. The van der Waals surface area contributed by atoms with E-state index in [1.54, 1.807) is 21.3 Å². The van der Waals surface area contributed by atoms with E-state index in [9.17, 15) is 4.79 Å². The fourth-order valence-electron chi connectivity index (χ4n) is 3.16. The van der Waals surface area contributed by atoms with Gasteiger partial charge < -0.3 is 5.32 Å². The van der Waals surface area contributed by atoms with E-state index in [1.165, 1.54) is 0 Å². The molecule has 0 aliphatic carbocycles. The van der Waals surface area contributed by atoms with Crippen LogP contribution in [0.2, 0.25) is 0 Å². The molecule has 2 aromatic carbocycles. The van der Waals surface area contributed by atoms with Crippen LogP contribution in [0.5, 0.6) is 0 Å². The molecule has 0 bridgehead atoms. The Morgan fingerprint density at radius 2 is 1.70 bits per heavy atom. The van der Waals surface area contributed by atoms with Crippen LogP contribution in [0.1, 0.15) is 0 Å². The molecule has 5 aromatic rings. The van der Waals surface area contributed by atoms with E-state index in [-0.39, 0.29) is 5.56 Å². The molecular weight excluding hydrogens is 338 g/mol. The number of hydrogen-bond acceptors (Lipinski definition) is 4. The summed E-state index contributed by atoms with van der Waals surface area (Å²) in [6.45, 7) is 0. The highest BCUT2D eigenvalue weighted by Crippen LogP contribution is 2.21. The molecule has 130 valence electrons. The highest BCUT2D eigenvalue weighted by molar-refractivity contribution is 5.80. The summed E-state index contributed by atoms with van der Waals surface area (Å²) in [6.07, 6.45) is 3.61. The molecule has 3 aromatic heterocycles. The number of pyridine rings is 1. The third-order valence-electron chi connectivity index (χ3n) is 4.45. The summed E-state index contributed by atoms with van der Waals surface area (Å²) < 4.78 is 3.38. The van der Waals surface area contributed by atoms with Crippen LogP contribution in [0.3, 0.4) is 0 Å². The van der Waals surface area contributed by atoms with Gasteiger partial charge in [0, 0.05) is 18.1 Å². The molecule has 0 radical (unpaired) electrons. The van der Waals surface area contributed by atoms with Gasteiger partial charge in [0.1, 0.15) is 0 Å². The second kappa shape index (κ2) is 6.10. The van der Waals surface area contributed by atoms with E-state index >= 15 is 0 Å². The van der Waals surface area contributed by atoms with Gasteiger partial charge in [0.15, 0.2) is 0 Å². The Morgan fingerprint density at radius 3 is 2.59 bits per heavy atom. The number of para-hydroxylation sites is 2. The molecule has 3 heterocycles. The number of aromatic nitrogens is 4. The highest BCUT2D eigenvalue weighted by atomic mass is 16.1. The van der Waals surface area contributed by atoms with Crippen molar-refractivity contribution in [3.8, 4) is 5.69 Å². The van der Waals surface area contributed by atoms with Crippen LogP contribution in [0, 0.1) is 0 Å². The van der Waals surface area contributed by atoms with Crippen molar-refractivity contribution in [3.05, 3.63) is 95.5 Å². The molecule has 0 unspecified atom stereocenters. The molecule has 0 atom stereocenters. The summed E-state index contributed by atoms with van der Waals surface area (Å²) >= 11 is 0. The van der Waals surface area contributed by atoms with Crippen molar-refractivity contribution in [1.29, 1.82) is 0 Å². The molecular formula is C21H15N5O. The quantitative estimate of drug-likeness (QED) is 0.536. The molecule has 0 aliphatic heterocycles. The third-order valence-corrected chi connectivity index (χ3v) is 4.45. The number of rotatable bonds is 3. The molecule has 6 heteroatoms. The van der Waals surface area contributed by atoms with E-state index < -0.39 is 0 Å². The van der Waals surface area contributed by atoms with Crippen LogP contribution in [0.4, 0.5) is 11.6 Å². The Labute approximate surface area is 154 Å². The lowest BCUT2D eigenvalue weighted by Crippen LogP contribution is -2.22. The number of benzene rings is 2. The number of fused-ring (bicyclic) bond motifs is 2. The normalized spacial score (nSPS) is 11.1. The van der Waals surface area contributed by atoms with Crippen molar-refractivity contribution in [2.75, 3.05) is 5.32 Å². The minimum absolute atomic E-state index is 0.111. The largest absolute Gasteiger partial charge is 0.325 e. The lowest BCUT2D eigenvalue weighted by molar-refractivity contribution is 0.957. The fraction of sp³-hybridized carbons (Fsp3) is 0. The van der Waals surface area contributed by atoms with Gasteiger partial charge in [-0.15, -0.1) is 0 Å². The first-order chi connectivity index (χ1) is 13.3. The zero-order valence-corrected chi connectivity index (χ0v) is 14.3. The van der Waals surface area contributed by atoms with Gasteiger partial charge in [-0.25, -0.2) is 14.1 Å². The van der Waals surface area contributed by atoms with Gasteiger partial charge in [0.05, 0.1) is 22.1 Å². The number of nitrogens with zero attached hydrogens (tertiary/aromatic N) is 4. The van der Waals surface area contributed by atoms with Crippen LogP contribution >= 0.6 is 0 Å². The average Bonchev–Trinajstić information content (AvgIpc) is 3.17. The molecule has 6 nitrogen and oxygen atoms in total. The van der Waals surface area contributed by atoms with Gasteiger partial charge in [-0.05, 0) is 42.5 Å². The van der Waals surface area contributed by atoms with E-state index in [0.29, 0.717) is 16.9 Å². The van der Waals surface area contributed by atoms with Gasteiger partial charge in [-0.1, -0.05) is 30.3 Å². The van der Waals surface area contributed by atoms with Crippen LogP contribution in [0.25, 0.3) is 22.1 Å². The number of anilines is 2. The van der Waals surface area contributed by atoms with Crippen molar-refractivity contribution in [1.82, 2.24) is 19.2 Å². The molecule has 1 N–H and O–H groups in total. The van der Waals surface area contributed by atoms with Crippen LogP contribution in [0.15, 0.2) is 90.0 Å². The van der Waals surface area contributed by atoms with Crippen molar-refractivity contribution < 1.29 is 0 Å². The van der Waals surface area contributed by atoms with E-state index in [0.717, 1.165) is 16.9 Å². The highest BCUT2D eigenvalue weighted by Gasteiger charge is 2.13. The summed E-state index contributed by atoms with van der Waals surface area (Å²) in [5.74, 6) is 0.466. The fourth-order valence-corrected chi connectivity index (χ4v) is 3.16. The Kier molecular flexibility index (Phi) is 3.47. The SMILES string of the molecule is O=c1c2ccccc2nc(Nc2ccn3nccc3c2)n1-c1ccccc1. The third kappa shape index (κ3) is 2.64. The minimum Gasteiger partial charge on any atom is -0.325 e. The van der Waals surface area contributed by atoms with E-state index in [4.69, 9.17) is 4.98 Å². The Bertz CT molecular complexity index is 1320. The molecule has 27 heavy (non-hydrogen) atoms. The monoisotopic (exact) mass is 353 g/mol. The smallest absolute Gasteiger partial charge is 0.267 e. The summed E-state index contributed by atoms with van der Waals surface area (Å²) in [5, 5.41) is 8.08. The summed E-state index contributed by atoms with van der Waals surface area (Å²) in [5.41, 5.74) is 3.08. The standard InChI is InChI=1S/C21H15N5O/c27-20-18-8-4-5-9-19(18)24-21(26(20)16-6-2-1-3-7-16)23-15-11-13-25-17(14-15)10-12-22-25/h1-14H,(H,23,24). The number of nitrogens with one attached hydrogen (secondary N) is 1. The maximum Gasteiger partial charge on any atom is 0.267 e. The Hall–Kier alpha value is -3.93. The lowest BCUT2D eigenvalue weighted by Gasteiger charge is -2.15. The molecule has 5 rings (SSSR count). The molecule has 0 aliphatic rings. The van der Waals surface area contributed by atoms with E-state index in [1.807, 2.05) is 72.9 Å². The average molecular weight is 353 g/mol. The molecule has 0 saturated heterocycles. The topological polar surface area (TPSA) is 64.2 Å². The number of hydrogen-bond donors (Lipinski definition) is 1. The summed E-state index contributed by atoms with van der Waals surface area (Å²) in [7, 11) is 0. The van der Waals surface area contributed by atoms with Crippen molar-refractivity contribution in [3.63, 3.8) is 0 Å². The van der Waals surface area contributed by atoms with Crippen LogP contribution in [-0.2, 0) is 0 Å². The molecule has 0 amide bonds.